The molecule has 19 heavy (non-hydrogen) atoms. The van der Waals surface area contributed by atoms with Crippen molar-refractivity contribution >= 4 is 11.6 Å². The summed E-state index contributed by atoms with van der Waals surface area (Å²) >= 11 is 6.06. The second-order valence-electron chi connectivity index (χ2n) is 5.87. The molecule has 1 aromatic carbocycles. The first kappa shape index (κ1) is 14.8. The van der Waals surface area contributed by atoms with E-state index in [0.717, 1.165) is 10.9 Å². The Kier molecular flexibility index (Phi) is 5.26. The number of hydrogen-bond acceptors (Lipinski definition) is 2. The first-order chi connectivity index (χ1) is 9.06. The molecule has 1 fully saturated rings. The third-order valence-electron chi connectivity index (χ3n) is 4.33. The number of rotatable bonds is 4. The lowest BCUT2D eigenvalue weighted by atomic mass is 9.90. The average molecular weight is 281 g/mol. The highest BCUT2D eigenvalue weighted by Gasteiger charge is 2.23. The standard InChI is InChI=1S/C16H25ClN2/c1-12(14-7-9-19(3)10-8-14)18-13(2)15-5-4-6-16(17)11-15/h4-6,11-14,18H,7-10H2,1-3H3. The van der Waals surface area contributed by atoms with E-state index in [1.54, 1.807) is 0 Å². The van der Waals surface area contributed by atoms with E-state index in [1.165, 1.54) is 31.5 Å². The van der Waals surface area contributed by atoms with Crippen LogP contribution in [0.15, 0.2) is 24.3 Å². The van der Waals surface area contributed by atoms with E-state index in [9.17, 15) is 0 Å². The van der Waals surface area contributed by atoms with Gasteiger partial charge in [0, 0.05) is 17.1 Å². The molecule has 2 rings (SSSR count). The molecule has 106 valence electrons. The Labute approximate surface area is 122 Å². The van der Waals surface area contributed by atoms with Crippen molar-refractivity contribution in [2.24, 2.45) is 5.92 Å². The highest BCUT2D eigenvalue weighted by atomic mass is 35.5. The number of likely N-dealkylation sites (tertiary alicyclic amines) is 1. The molecule has 2 atom stereocenters. The van der Waals surface area contributed by atoms with Gasteiger partial charge in [0.15, 0.2) is 0 Å². The van der Waals surface area contributed by atoms with E-state index in [2.05, 4.69) is 43.2 Å². The third-order valence-corrected chi connectivity index (χ3v) is 4.57. The minimum atomic E-state index is 0.355. The van der Waals surface area contributed by atoms with Crippen LogP contribution in [0.5, 0.6) is 0 Å². The van der Waals surface area contributed by atoms with Gasteiger partial charge >= 0.3 is 0 Å². The molecule has 0 aliphatic carbocycles. The lowest BCUT2D eigenvalue weighted by Gasteiger charge is -2.34. The molecular weight excluding hydrogens is 256 g/mol. The van der Waals surface area contributed by atoms with E-state index in [-0.39, 0.29) is 0 Å². The Balaban J connectivity index is 1.89. The molecule has 0 radical (unpaired) electrons. The molecule has 2 unspecified atom stereocenters. The zero-order chi connectivity index (χ0) is 13.8. The van der Waals surface area contributed by atoms with Crippen LogP contribution < -0.4 is 5.32 Å². The van der Waals surface area contributed by atoms with Gasteiger partial charge in [-0.1, -0.05) is 23.7 Å². The summed E-state index contributed by atoms with van der Waals surface area (Å²) in [5, 5.41) is 4.55. The van der Waals surface area contributed by atoms with Gasteiger partial charge in [-0.3, -0.25) is 0 Å². The normalized spacial score (nSPS) is 21.3. The molecule has 1 N–H and O–H groups in total. The summed E-state index contributed by atoms with van der Waals surface area (Å²) < 4.78 is 0. The molecule has 0 amide bonds. The number of halogens is 1. The topological polar surface area (TPSA) is 15.3 Å². The number of nitrogens with one attached hydrogen (secondary N) is 1. The lowest BCUT2D eigenvalue weighted by Crippen LogP contribution is -2.41. The van der Waals surface area contributed by atoms with Gasteiger partial charge in [0.2, 0.25) is 0 Å². The summed E-state index contributed by atoms with van der Waals surface area (Å²) in [5.74, 6) is 0.790. The van der Waals surface area contributed by atoms with Crippen molar-refractivity contribution in [3.05, 3.63) is 34.9 Å². The van der Waals surface area contributed by atoms with E-state index < -0.39 is 0 Å². The van der Waals surface area contributed by atoms with Crippen LogP contribution in [0.4, 0.5) is 0 Å². The highest BCUT2D eigenvalue weighted by molar-refractivity contribution is 6.30. The first-order valence-corrected chi connectivity index (χ1v) is 7.64. The van der Waals surface area contributed by atoms with E-state index in [0.29, 0.717) is 12.1 Å². The molecule has 1 aliphatic rings. The number of nitrogens with zero attached hydrogens (tertiary/aromatic N) is 1. The van der Waals surface area contributed by atoms with Crippen LogP contribution in [0, 0.1) is 5.92 Å². The van der Waals surface area contributed by atoms with Crippen LogP contribution in [0.2, 0.25) is 5.02 Å². The average Bonchev–Trinajstić information content (AvgIpc) is 2.39. The largest absolute Gasteiger partial charge is 0.307 e. The van der Waals surface area contributed by atoms with Gasteiger partial charge in [0.1, 0.15) is 0 Å². The van der Waals surface area contributed by atoms with Crippen molar-refractivity contribution in [1.29, 1.82) is 0 Å². The van der Waals surface area contributed by atoms with Gasteiger partial charge in [-0.25, -0.2) is 0 Å². The number of hydrogen-bond donors (Lipinski definition) is 1. The fourth-order valence-corrected chi connectivity index (χ4v) is 3.13. The second-order valence-corrected chi connectivity index (χ2v) is 6.31. The molecule has 0 saturated carbocycles. The number of benzene rings is 1. The molecule has 0 bridgehead atoms. The Bertz CT molecular complexity index is 399. The monoisotopic (exact) mass is 280 g/mol. The van der Waals surface area contributed by atoms with Crippen LogP contribution in [0.3, 0.4) is 0 Å². The SMILES string of the molecule is CC(NC(C)C1CCN(C)CC1)c1cccc(Cl)c1. The molecule has 1 saturated heterocycles. The first-order valence-electron chi connectivity index (χ1n) is 7.26. The molecule has 3 heteroatoms. The minimum absolute atomic E-state index is 0.355. The molecular formula is C16H25ClN2. The summed E-state index contributed by atoms with van der Waals surface area (Å²) in [6.07, 6.45) is 2.60. The maximum atomic E-state index is 6.06. The molecule has 1 aliphatic heterocycles. The Morgan fingerprint density at radius 3 is 2.58 bits per heavy atom. The highest BCUT2D eigenvalue weighted by Crippen LogP contribution is 2.23. The summed E-state index contributed by atoms with van der Waals surface area (Å²) in [4.78, 5) is 2.42. The summed E-state index contributed by atoms with van der Waals surface area (Å²) in [6, 6.07) is 9.07. The van der Waals surface area contributed by atoms with Crippen LogP contribution in [0.25, 0.3) is 0 Å². The van der Waals surface area contributed by atoms with Crippen molar-refractivity contribution in [2.75, 3.05) is 20.1 Å². The van der Waals surface area contributed by atoms with E-state index >= 15 is 0 Å². The zero-order valence-electron chi connectivity index (χ0n) is 12.2. The predicted octanol–water partition coefficient (Wildman–Crippen LogP) is 3.72. The van der Waals surface area contributed by atoms with Gasteiger partial charge in [0.05, 0.1) is 0 Å². The third kappa shape index (κ3) is 4.20. The Hall–Kier alpha value is -0.570. The maximum absolute atomic E-state index is 6.06. The smallest absolute Gasteiger partial charge is 0.0409 e. The summed E-state index contributed by atoms with van der Waals surface area (Å²) in [7, 11) is 2.21. The van der Waals surface area contributed by atoms with Crippen molar-refractivity contribution in [1.82, 2.24) is 10.2 Å². The van der Waals surface area contributed by atoms with E-state index in [1.807, 2.05) is 12.1 Å². The van der Waals surface area contributed by atoms with Crippen LogP contribution in [0.1, 0.15) is 38.3 Å². The molecule has 2 nitrogen and oxygen atoms in total. The van der Waals surface area contributed by atoms with Crippen molar-refractivity contribution < 1.29 is 0 Å². The molecule has 1 heterocycles. The van der Waals surface area contributed by atoms with Gasteiger partial charge in [-0.2, -0.15) is 0 Å². The predicted molar refractivity (Wildman–Crippen MR) is 82.7 cm³/mol. The van der Waals surface area contributed by atoms with Crippen molar-refractivity contribution in [3.8, 4) is 0 Å². The fourth-order valence-electron chi connectivity index (χ4n) is 2.93. The lowest BCUT2D eigenvalue weighted by molar-refractivity contribution is 0.185. The summed E-state index contributed by atoms with van der Waals surface area (Å²) in [5.41, 5.74) is 1.27. The van der Waals surface area contributed by atoms with Crippen molar-refractivity contribution in [3.63, 3.8) is 0 Å². The van der Waals surface area contributed by atoms with Crippen LogP contribution >= 0.6 is 11.6 Å². The molecule has 0 spiro atoms. The van der Waals surface area contributed by atoms with Gasteiger partial charge in [-0.05, 0) is 70.4 Å². The van der Waals surface area contributed by atoms with Gasteiger partial charge < -0.3 is 10.2 Å². The Morgan fingerprint density at radius 1 is 1.26 bits per heavy atom. The molecule has 0 aromatic heterocycles. The minimum Gasteiger partial charge on any atom is -0.307 e. The van der Waals surface area contributed by atoms with Crippen LogP contribution in [-0.2, 0) is 0 Å². The van der Waals surface area contributed by atoms with Gasteiger partial charge in [-0.15, -0.1) is 0 Å². The summed E-state index contributed by atoms with van der Waals surface area (Å²) in [6.45, 7) is 6.98. The van der Waals surface area contributed by atoms with Gasteiger partial charge in [0.25, 0.3) is 0 Å². The number of piperidine rings is 1. The van der Waals surface area contributed by atoms with Crippen LogP contribution in [-0.4, -0.2) is 31.1 Å². The quantitative estimate of drug-likeness (QED) is 0.904. The Morgan fingerprint density at radius 2 is 1.95 bits per heavy atom. The van der Waals surface area contributed by atoms with Crippen molar-refractivity contribution in [2.45, 2.75) is 38.8 Å². The maximum Gasteiger partial charge on any atom is 0.0409 e. The fraction of sp³-hybridized carbons (Fsp3) is 0.625. The molecule has 1 aromatic rings. The second kappa shape index (κ2) is 6.74. The zero-order valence-corrected chi connectivity index (χ0v) is 13.0. The van der Waals surface area contributed by atoms with E-state index in [4.69, 9.17) is 11.6 Å².